The van der Waals surface area contributed by atoms with Crippen LogP contribution >= 0.6 is 22.9 Å². The van der Waals surface area contributed by atoms with E-state index < -0.39 is 0 Å². The first-order valence-electron chi connectivity index (χ1n) is 6.14. The molecule has 0 saturated carbocycles. The monoisotopic (exact) mass is 275 g/mol. The van der Waals surface area contributed by atoms with E-state index in [9.17, 15) is 0 Å². The van der Waals surface area contributed by atoms with Crippen LogP contribution in [0.5, 0.6) is 0 Å². The zero-order chi connectivity index (χ0) is 12.7. The Balaban J connectivity index is 2.63. The molecule has 2 atom stereocenters. The lowest BCUT2D eigenvalue weighted by Crippen LogP contribution is -2.24. The highest BCUT2D eigenvalue weighted by Crippen LogP contribution is 2.32. The van der Waals surface area contributed by atoms with Crippen LogP contribution in [0.3, 0.4) is 0 Å². The third-order valence-electron chi connectivity index (χ3n) is 2.69. The fraction of sp³-hybridized carbons (Fsp3) is 0.692. The molecule has 0 radical (unpaired) electrons. The Morgan fingerprint density at radius 1 is 1.53 bits per heavy atom. The van der Waals surface area contributed by atoms with Crippen molar-refractivity contribution in [2.24, 2.45) is 5.92 Å². The van der Waals surface area contributed by atoms with Gasteiger partial charge in [-0.15, -0.1) is 11.3 Å². The summed E-state index contributed by atoms with van der Waals surface area (Å²) < 4.78 is 5.20. The van der Waals surface area contributed by atoms with Crippen LogP contribution in [0.2, 0.25) is 5.02 Å². The van der Waals surface area contributed by atoms with Gasteiger partial charge in [0.05, 0.1) is 5.02 Å². The van der Waals surface area contributed by atoms with Crippen molar-refractivity contribution in [3.63, 3.8) is 0 Å². The SMILES string of the molecule is CCCNC(CC(C)COC)c1sccc1Cl. The van der Waals surface area contributed by atoms with E-state index in [1.165, 1.54) is 4.88 Å². The van der Waals surface area contributed by atoms with Gasteiger partial charge in [-0.25, -0.2) is 0 Å². The molecule has 2 nitrogen and oxygen atoms in total. The Morgan fingerprint density at radius 3 is 2.82 bits per heavy atom. The molecular formula is C13H22ClNOS. The number of ether oxygens (including phenoxy) is 1. The van der Waals surface area contributed by atoms with Crippen molar-refractivity contribution in [2.45, 2.75) is 32.7 Å². The summed E-state index contributed by atoms with van der Waals surface area (Å²) in [4.78, 5) is 1.25. The van der Waals surface area contributed by atoms with Gasteiger partial charge in [-0.3, -0.25) is 0 Å². The number of rotatable bonds is 8. The second-order valence-electron chi connectivity index (χ2n) is 4.44. The van der Waals surface area contributed by atoms with E-state index in [0.717, 1.165) is 31.0 Å². The maximum atomic E-state index is 6.21. The fourth-order valence-electron chi connectivity index (χ4n) is 1.91. The van der Waals surface area contributed by atoms with E-state index >= 15 is 0 Å². The first-order chi connectivity index (χ1) is 8.19. The average Bonchev–Trinajstić information content (AvgIpc) is 2.71. The maximum absolute atomic E-state index is 6.21. The van der Waals surface area contributed by atoms with Gasteiger partial charge >= 0.3 is 0 Å². The highest BCUT2D eigenvalue weighted by Gasteiger charge is 2.18. The largest absolute Gasteiger partial charge is 0.384 e. The van der Waals surface area contributed by atoms with Crippen LogP contribution < -0.4 is 5.32 Å². The summed E-state index contributed by atoms with van der Waals surface area (Å²) in [5, 5.41) is 6.51. The molecule has 0 bridgehead atoms. The van der Waals surface area contributed by atoms with Crippen molar-refractivity contribution in [1.29, 1.82) is 0 Å². The van der Waals surface area contributed by atoms with E-state index in [-0.39, 0.29) is 0 Å². The van der Waals surface area contributed by atoms with Gasteiger partial charge in [0.15, 0.2) is 0 Å². The van der Waals surface area contributed by atoms with Crippen LogP contribution in [-0.4, -0.2) is 20.3 Å². The molecule has 1 heterocycles. The Hall–Kier alpha value is -0.0900. The quantitative estimate of drug-likeness (QED) is 0.771. The van der Waals surface area contributed by atoms with E-state index in [1.54, 1.807) is 18.4 Å². The van der Waals surface area contributed by atoms with Crippen LogP contribution in [0, 0.1) is 5.92 Å². The topological polar surface area (TPSA) is 21.3 Å². The lowest BCUT2D eigenvalue weighted by Gasteiger charge is -2.21. The minimum absolute atomic E-state index is 0.354. The smallest absolute Gasteiger partial charge is 0.0561 e. The predicted molar refractivity (Wildman–Crippen MR) is 76.0 cm³/mol. The molecule has 1 aromatic rings. The molecule has 1 N–H and O–H groups in total. The third kappa shape index (κ3) is 4.96. The minimum atomic E-state index is 0.354. The number of nitrogens with one attached hydrogen (secondary N) is 1. The number of halogens is 1. The Kier molecular flexibility index (Phi) is 7.12. The summed E-state index contributed by atoms with van der Waals surface area (Å²) in [6.07, 6.45) is 2.20. The predicted octanol–water partition coefficient (Wildman–Crippen LogP) is 4.11. The highest BCUT2D eigenvalue weighted by molar-refractivity contribution is 7.10. The molecule has 1 aromatic heterocycles. The molecule has 2 unspecified atom stereocenters. The zero-order valence-corrected chi connectivity index (χ0v) is 12.4. The van der Waals surface area contributed by atoms with Crippen molar-refractivity contribution in [2.75, 3.05) is 20.3 Å². The summed E-state index contributed by atoms with van der Waals surface area (Å²) >= 11 is 7.95. The molecule has 0 aliphatic rings. The molecule has 0 spiro atoms. The summed E-state index contributed by atoms with van der Waals surface area (Å²) in [6, 6.07) is 2.33. The second kappa shape index (κ2) is 8.09. The fourth-order valence-corrected chi connectivity index (χ4v) is 3.19. The molecule has 0 aromatic carbocycles. The number of hydrogen-bond acceptors (Lipinski definition) is 3. The van der Waals surface area contributed by atoms with E-state index in [2.05, 4.69) is 24.5 Å². The molecule has 0 fully saturated rings. The van der Waals surface area contributed by atoms with Gasteiger partial charge in [0, 0.05) is 24.6 Å². The maximum Gasteiger partial charge on any atom is 0.0561 e. The van der Waals surface area contributed by atoms with Gasteiger partial charge in [-0.2, -0.15) is 0 Å². The first-order valence-corrected chi connectivity index (χ1v) is 7.40. The van der Waals surface area contributed by atoms with Gasteiger partial charge in [0.1, 0.15) is 0 Å². The van der Waals surface area contributed by atoms with Gasteiger partial charge in [0.2, 0.25) is 0 Å². The normalized spacial score (nSPS) is 14.8. The first kappa shape index (κ1) is 15.0. The van der Waals surface area contributed by atoms with Gasteiger partial charge < -0.3 is 10.1 Å². The third-order valence-corrected chi connectivity index (χ3v) is 4.16. The molecular weight excluding hydrogens is 254 g/mol. The molecule has 0 aliphatic heterocycles. The van der Waals surface area contributed by atoms with E-state index in [1.807, 2.05) is 6.07 Å². The number of methoxy groups -OCH3 is 1. The van der Waals surface area contributed by atoms with Crippen molar-refractivity contribution in [3.8, 4) is 0 Å². The van der Waals surface area contributed by atoms with Crippen molar-refractivity contribution in [1.82, 2.24) is 5.32 Å². The van der Waals surface area contributed by atoms with Gasteiger partial charge in [-0.1, -0.05) is 25.4 Å². The van der Waals surface area contributed by atoms with Gasteiger partial charge in [0.25, 0.3) is 0 Å². The van der Waals surface area contributed by atoms with Crippen LogP contribution in [0.4, 0.5) is 0 Å². The lowest BCUT2D eigenvalue weighted by atomic mass is 10.0. The summed E-state index contributed by atoms with van der Waals surface area (Å²) in [6.45, 7) is 6.22. The molecule has 0 saturated heterocycles. The number of hydrogen-bond donors (Lipinski definition) is 1. The van der Waals surface area contributed by atoms with Crippen LogP contribution in [0.15, 0.2) is 11.4 Å². The average molecular weight is 276 g/mol. The molecule has 0 aliphatic carbocycles. The van der Waals surface area contributed by atoms with E-state index in [4.69, 9.17) is 16.3 Å². The molecule has 17 heavy (non-hydrogen) atoms. The minimum Gasteiger partial charge on any atom is -0.384 e. The van der Waals surface area contributed by atoms with Gasteiger partial charge in [-0.05, 0) is 36.8 Å². The molecule has 1 rings (SSSR count). The molecule has 98 valence electrons. The Labute approximate surface area is 113 Å². The van der Waals surface area contributed by atoms with Crippen LogP contribution in [0.1, 0.15) is 37.6 Å². The number of thiophene rings is 1. The second-order valence-corrected chi connectivity index (χ2v) is 5.79. The van der Waals surface area contributed by atoms with Crippen molar-refractivity contribution < 1.29 is 4.74 Å². The summed E-state index contributed by atoms with van der Waals surface area (Å²) in [5.41, 5.74) is 0. The van der Waals surface area contributed by atoms with Crippen molar-refractivity contribution in [3.05, 3.63) is 21.3 Å². The van der Waals surface area contributed by atoms with Crippen LogP contribution in [0.25, 0.3) is 0 Å². The Morgan fingerprint density at radius 2 is 2.29 bits per heavy atom. The molecule has 0 amide bonds. The summed E-state index contributed by atoms with van der Waals surface area (Å²) in [5.74, 6) is 0.535. The standard InChI is InChI=1S/C13H22ClNOS/c1-4-6-15-12(8-10(2)9-16-3)13-11(14)5-7-17-13/h5,7,10,12,15H,4,6,8-9H2,1-3H3. The summed E-state index contributed by atoms with van der Waals surface area (Å²) in [7, 11) is 1.75. The van der Waals surface area contributed by atoms with Crippen molar-refractivity contribution >= 4 is 22.9 Å². The van der Waals surface area contributed by atoms with E-state index in [0.29, 0.717) is 12.0 Å². The zero-order valence-electron chi connectivity index (χ0n) is 10.8. The molecule has 4 heteroatoms. The highest BCUT2D eigenvalue weighted by atomic mass is 35.5. The Bertz CT molecular complexity index is 316. The lowest BCUT2D eigenvalue weighted by molar-refractivity contribution is 0.149. The van der Waals surface area contributed by atoms with Crippen LogP contribution in [-0.2, 0) is 4.74 Å².